The van der Waals surface area contributed by atoms with E-state index in [9.17, 15) is 0 Å². The minimum atomic E-state index is 0.349. The fourth-order valence-corrected chi connectivity index (χ4v) is 4.12. The Labute approximate surface area is 138 Å². The molecule has 0 aliphatic carbocycles. The number of nitrogens with one attached hydrogen (secondary N) is 1. The molecule has 2 aromatic heterocycles. The van der Waals surface area contributed by atoms with Gasteiger partial charge in [-0.3, -0.25) is 4.90 Å². The highest BCUT2D eigenvalue weighted by Gasteiger charge is 2.23. The predicted octanol–water partition coefficient (Wildman–Crippen LogP) is 4.42. The second-order valence-electron chi connectivity index (χ2n) is 5.52. The Morgan fingerprint density at radius 3 is 2.86 bits per heavy atom. The topological polar surface area (TPSA) is 28.4 Å². The molecule has 0 saturated carbocycles. The Morgan fingerprint density at radius 2 is 2.19 bits per heavy atom. The molecule has 21 heavy (non-hydrogen) atoms. The average molecular weight is 369 g/mol. The number of halogens is 1. The molecule has 3 nitrogen and oxygen atoms in total. The second kappa shape index (κ2) is 7.58. The number of hydrogen-bond donors (Lipinski definition) is 1. The lowest BCUT2D eigenvalue weighted by Crippen LogP contribution is -2.38. The van der Waals surface area contributed by atoms with Gasteiger partial charge in [0.15, 0.2) is 0 Å². The molecule has 1 atom stereocenters. The first-order chi connectivity index (χ1) is 10.3. The van der Waals surface area contributed by atoms with E-state index in [4.69, 9.17) is 4.42 Å². The normalized spacial score (nSPS) is 18.0. The van der Waals surface area contributed by atoms with Gasteiger partial charge in [-0.15, -0.1) is 11.3 Å². The number of furan rings is 1. The summed E-state index contributed by atoms with van der Waals surface area (Å²) in [5, 5.41) is 5.78. The van der Waals surface area contributed by atoms with Crippen LogP contribution in [-0.4, -0.2) is 24.5 Å². The van der Waals surface area contributed by atoms with Gasteiger partial charge in [0.25, 0.3) is 0 Å². The fraction of sp³-hybridized carbons (Fsp3) is 0.500. The molecular weight excluding hydrogens is 348 g/mol. The summed E-state index contributed by atoms with van der Waals surface area (Å²) in [7, 11) is 0. The number of piperidine rings is 1. The molecule has 114 valence electrons. The minimum absolute atomic E-state index is 0.349. The summed E-state index contributed by atoms with van der Waals surface area (Å²) in [4.78, 5) is 2.55. The molecule has 0 bridgehead atoms. The fourth-order valence-electron chi connectivity index (χ4n) is 2.91. The zero-order valence-corrected chi connectivity index (χ0v) is 14.5. The van der Waals surface area contributed by atoms with Crippen LogP contribution in [0.25, 0.3) is 0 Å². The van der Waals surface area contributed by atoms with Gasteiger partial charge in [0, 0.05) is 13.1 Å². The standard InChI is InChI=1S/C16H21BrN2OS/c17-16-9-13(12-21-16)10-18-11-14(15-5-4-8-20-15)19-6-2-1-3-7-19/h4-5,8-9,12,14,18H,1-3,6-7,10-11H2. The molecule has 0 radical (unpaired) electrons. The lowest BCUT2D eigenvalue weighted by atomic mass is 10.1. The molecule has 1 unspecified atom stereocenters. The maximum atomic E-state index is 5.67. The zero-order chi connectivity index (χ0) is 14.5. The van der Waals surface area contributed by atoms with Crippen molar-refractivity contribution >= 4 is 27.3 Å². The molecule has 0 aromatic carbocycles. The maximum absolute atomic E-state index is 5.67. The summed E-state index contributed by atoms with van der Waals surface area (Å²) in [6, 6.07) is 6.62. The van der Waals surface area contributed by atoms with E-state index in [0.29, 0.717) is 6.04 Å². The summed E-state index contributed by atoms with van der Waals surface area (Å²) in [6.45, 7) is 4.20. The molecule has 1 aliphatic rings. The largest absolute Gasteiger partial charge is 0.468 e. The van der Waals surface area contributed by atoms with E-state index in [0.717, 1.165) is 18.8 Å². The predicted molar refractivity (Wildman–Crippen MR) is 90.6 cm³/mol. The van der Waals surface area contributed by atoms with Crippen molar-refractivity contribution in [2.24, 2.45) is 0 Å². The molecule has 3 rings (SSSR count). The van der Waals surface area contributed by atoms with Crippen LogP contribution in [0.5, 0.6) is 0 Å². The molecule has 2 aromatic rings. The molecule has 1 saturated heterocycles. The molecule has 5 heteroatoms. The molecule has 3 heterocycles. The van der Waals surface area contributed by atoms with Gasteiger partial charge in [0.1, 0.15) is 5.76 Å². The highest BCUT2D eigenvalue weighted by molar-refractivity contribution is 9.11. The van der Waals surface area contributed by atoms with Crippen molar-refractivity contribution in [1.29, 1.82) is 0 Å². The second-order valence-corrected chi connectivity index (χ2v) is 7.81. The summed E-state index contributed by atoms with van der Waals surface area (Å²) in [6.07, 6.45) is 5.74. The Bertz CT molecular complexity index is 534. The van der Waals surface area contributed by atoms with Crippen molar-refractivity contribution in [3.05, 3.63) is 45.0 Å². The third-order valence-electron chi connectivity index (χ3n) is 3.99. The number of thiophene rings is 1. The summed E-state index contributed by atoms with van der Waals surface area (Å²) < 4.78 is 6.86. The summed E-state index contributed by atoms with van der Waals surface area (Å²) >= 11 is 5.25. The highest BCUT2D eigenvalue weighted by Crippen LogP contribution is 2.25. The highest BCUT2D eigenvalue weighted by atomic mass is 79.9. The van der Waals surface area contributed by atoms with Gasteiger partial charge in [0.2, 0.25) is 0 Å². The zero-order valence-electron chi connectivity index (χ0n) is 12.1. The van der Waals surface area contributed by atoms with Crippen LogP contribution in [-0.2, 0) is 6.54 Å². The van der Waals surface area contributed by atoms with Gasteiger partial charge >= 0.3 is 0 Å². The Hall–Kier alpha value is -0.620. The maximum Gasteiger partial charge on any atom is 0.122 e. The third kappa shape index (κ3) is 4.19. The molecule has 0 amide bonds. The van der Waals surface area contributed by atoms with Crippen molar-refractivity contribution in [2.45, 2.75) is 31.8 Å². The quantitative estimate of drug-likeness (QED) is 0.817. The van der Waals surface area contributed by atoms with Crippen LogP contribution >= 0.6 is 27.3 Å². The van der Waals surface area contributed by atoms with Crippen LogP contribution in [0.3, 0.4) is 0 Å². The molecule has 1 N–H and O–H groups in total. The van der Waals surface area contributed by atoms with E-state index < -0.39 is 0 Å². The Kier molecular flexibility index (Phi) is 5.52. The van der Waals surface area contributed by atoms with Gasteiger partial charge in [0.05, 0.1) is 16.1 Å². The van der Waals surface area contributed by atoms with Crippen LogP contribution < -0.4 is 5.32 Å². The van der Waals surface area contributed by atoms with E-state index in [1.54, 1.807) is 17.6 Å². The van der Waals surface area contributed by atoms with E-state index in [-0.39, 0.29) is 0 Å². The van der Waals surface area contributed by atoms with Crippen molar-refractivity contribution in [3.8, 4) is 0 Å². The Balaban J connectivity index is 1.59. The first-order valence-corrected chi connectivity index (χ1v) is 9.21. The lowest BCUT2D eigenvalue weighted by Gasteiger charge is -2.33. The van der Waals surface area contributed by atoms with E-state index in [2.05, 4.69) is 43.7 Å². The van der Waals surface area contributed by atoms with Crippen LogP contribution in [0.4, 0.5) is 0 Å². The molecular formula is C16H21BrN2OS. The monoisotopic (exact) mass is 368 g/mol. The van der Waals surface area contributed by atoms with Crippen molar-refractivity contribution in [1.82, 2.24) is 10.2 Å². The van der Waals surface area contributed by atoms with Crippen LogP contribution in [0.15, 0.2) is 38.0 Å². The number of nitrogens with zero attached hydrogens (tertiary/aromatic N) is 1. The molecule has 1 fully saturated rings. The van der Waals surface area contributed by atoms with Crippen molar-refractivity contribution in [3.63, 3.8) is 0 Å². The number of hydrogen-bond acceptors (Lipinski definition) is 4. The molecule has 1 aliphatic heterocycles. The first kappa shape index (κ1) is 15.3. The van der Waals surface area contributed by atoms with Gasteiger partial charge in [-0.05, 0) is 71.0 Å². The molecule has 0 spiro atoms. The van der Waals surface area contributed by atoms with Crippen molar-refractivity contribution in [2.75, 3.05) is 19.6 Å². The van der Waals surface area contributed by atoms with Gasteiger partial charge in [-0.2, -0.15) is 0 Å². The van der Waals surface area contributed by atoms with Crippen molar-refractivity contribution < 1.29 is 4.42 Å². The number of likely N-dealkylation sites (tertiary alicyclic amines) is 1. The third-order valence-corrected chi connectivity index (χ3v) is 5.54. The Morgan fingerprint density at radius 1 is 1.33 bits per heavy atom. The smallest absolute Gasteiger partial charge is 0.122 e. The summed E-state index contributed by atoms with van der Waals surface area (Å²) in [5.41, 5.74) is 1.34. The van der Waals surface area contributed by atoms with Crippen LogP contribution in [0, 0.1) is 0 Å². The average Bonchev–Trinajstić information content (AvgIpc) is 3.16. The lowest BCUT2D eigenvalue weighted by molar-refractivity contribution is 0.142. The van der Waals surface area contributed by atoms with E-state index in [1.165, 1.54) is 41.7 Å². The van der Waals surface area contributed by atoms with Gasteiger partial charge in [-0.1, -0.05) is 6.42 Å². The van der Waals surface area contributed by atoms with Crippen LogP contribution in [0.1, 0.15) is 36.6 Å². The van der Waals surface area contributed by atoms with E-state index >= 15 is 0 Å². The van der Waals surface area contributed by atoms with Gasteiger partial charge < -0.3 is 9.73 Å². The van der Waals surface area contributed by atoms with E-state index in [1.807, 2.05) is 6.07 Å². The minimum Gasteiger partial charge on any atom is -0.468 e. The summed E-state index contributed by atoms with van der Waals surface area (Å²) in [5.74, 6) is 1.08. The number of rotatable bonds is 6. The van der Waals surface area contributed by atoms with Gasteiger partial charge in [-0.25, -0.2) is 0 Å². The van der Waals surface area contributed by atoms with Crippen LogP contribution in [0.2, 0.25) is 0 Å². The first-order valence-electron chi connectivity index (χ1n) is 7.54. The SMILES string of the molecule is Brc1cc(CNCC(c2ccco2)N2CCCCC2)cs1.